The second-order valence-electron chi connectivity index (χ2n) is 5.27. The molecule has 0 aliphatic carbocycles. The Balaban J connectivity index is 1.92. The predicted octanol–water partition coefficient (Wildman–Crippen LogP) is 0.488. The first-order valence-electron chi connectivity index (χ1n) is 7.03. The van der Waals surface area contributed by atoms with Crippen molar-refractivity contribution in [2.45, 2.75) is 25.8 Å². The molecule has 2 aliphatic heterocycles. The highest BCUT2D eigenvalue weighted by atomic mass is 16.5. The summed E-state index contributed by atoms with van der Waals surface area (Å²) in [5.41, 5.74) is 2.28. The van der Waals surface area contributed by atoms with Crippen molar-refractivity contribution >= 4 is 5.97 Å². The Labute approximate surface area is 117 Å². The minimum atomic E-state index is -0.378. The van der Waals surface area contributed by atoms with Crippen molar-refractivity contribution in [3.8, 4) is 0 Å². The maximum Gasteiger partial charge on any atom is 0.357 e. The van der Waals surface area contributed by atoms with Crippen molar-refractivity contribution in [3.63, 3.8) is 0 Å². The number of nitrogens with one attached hydrogen (secondary N) is 1. The van der Waals surface area contributed by atoms with Gasteiger partial charge in [0.15, 0.2) is 5.69 Å². The summed E-state index contributed by atoms with van der Waals surface area (Å²) >= 11 is 0. The average molecular weight is 277 g/mol. The normalized spacial score (nSPS) is 21.6. The lowest BCUT2D eigenvalue weighted by Gasteiger charge is -2.19. The molecular formula is C14H19N3O3. The monoisotopic (exact) mass is 277 g/mol. The van der Waals surface area contributed by atoms with Crippen LogP contribution in [0.5, 0.6) is 0 Å². The number of rotatable bonds is 3. The smallest absolute Gasteiger partial charge is 0.357 e. The second-order valence-corrected chi connectivity index (χ2v) is 5.27. The molecule has 0 amide bonds. The van der Waals surface area contributed by atoms with Crippen LogP contribution in [0.4, 0.5) is 0 Å². The number of esters is 1. The Morgan fingerprint density at radius 1 is 1.50 bits per heavy atom. The Bertz CT molecular complexity index is 513. The third-order valence-corrected chi connectivity index (χ3v) is 3.85. The van der Waals surface area contributed by atoms with Crippen molar-refractivity contribution in [3.05, 3.63) is 22.8 Å². The fourth-order valence-corrected chi connectivity index (χ4v) is 2.75. The van der Waals surface area contributed by atoms with E-state index < -0.39 is 0 Å². The summed E-state index contributed by atoms with van der Waals surface area (Å²) < 4.78 is 10.2. The van der Waals surface area contributed by atoms with Crippen molar-refractivity contribution in [2.24, 2.45) is 5.92 Å². The van der Waals surface area contributed by atoms with Gasteiger partial charge in [0.2, 0.25) is 0 Å². The van der Waals surface area contributed by atoms with Crippen LogP contribution in [0.3, 0.4) is 0 Å². The van der Waals surface area contributed by atoms with Crippen molar-refractivity contribution in [1.82, 2.24) is 15.3 Å². The fourth-order valence-electron chi connectivity index (χ4n) is 2.75. The molecule has 0 aromatic carbocycles. The van der Waals surface area contributed by atoms with Gasteiger partial charge < -0.3 is 14.8 Å². The number of carbonyl (C=O) groups excluding carboxylic acids is 1. The molecule has 1 N–H and O–H groups in total. The van der Waals surface area contributed by atoms with E-state index in [1.54, 1.807) is 0 Å². The lowest BCUT2D eigenvalue weighted by molar-refractivity contribution is 0.0591. The molecule has 108 valence electrons. The first kappa shape index (κ1) is 13.5. The van der Waals surface area contributed by atoms with Crippen LogP contribution in [-0.4, -0.2) is 42.8 Å². The highest BCUT2D eigenvalue weighted by Gasteiger charge is 2.24. The maximum atomic E-state index is 11.9. The molecule has 1 aromatic heterocycles. The molecule has 0 spiro atoms. The van der Waals surface area contributed by atoms with Gasteiger partial charge in [-0.1, -0.05) is 0 Å². The Kier molecular flexibility index (Phi) is 3.93. The van der Waals surface area contributed by atoms with Crippen LogP contribution in [0, 0.1) is 5.92 Å². The minimum Gasteiger partial charge on any atom is -0.464 e. The molecule has 0 radical (unpaired) electrons. The summed E-state index contributed by atoms with van der Waals surface area (Å²) in [6.07, 6.45) is 2.64. The van der Waals surface area contributed by atoms with Crippen molar-refractivity contribution in [1.29, 1.82) is 0 Å². The van der Waals surface area contributed by atoms with Crippen LogP contribution in [0.1, 0.15) is 34.0 Å². The summed E-state index contributed by atoms with van der Waals surface area (Å²) in [6.45, 7) is 3.09. The van der Waals surface area contributed by atoms with Crippen LogP contribution in [0.15, 0.2) is 0 Å². The number of methoxy groups -OCH3 is 1. The lowest BCUT2D eigenvalue weighted by atomic mass is 10.0. The van der Waals surface area contributed by atoms with E-state index in [2.05, 4.69) is 15.3 Å². The fraction of sp³-hybridized carbons (Fsp3) is 0.643. The molecule has 1 aromatic rings. The van der Waals surface area contributed by atoms with Gasteiger partial charge in [-0.2, -0.15) is 0 Å². The van der Waals surface area contributed by atoms with E-state index in [-0.39, 0.29) is 5.97 Å². The molecule has 0 bridgehead atoms. The van der Waals surface area contributed by atoms with Gasteiger partial charge in [0, 0.05) is 44.7 Å². The van der Waals surface area contributed by atoms with Crippen LogP contribution in [0.2, 0.25) is 0 Å². The summed E-state index contributed by atoms with van der Waals surface area (Å²) in [7, 11) is 1.39. The number of nitrogens with zero attached hydrogens (tertiary/aromatic N) is 2. The SMILES string of the molecule is COC(=O)c1nc(CC2CCOC2)nc2c1CNCC2. The third kappa shape index (κ3) is 2.66. The van der Waals surface area contributed by atoms with Crippen LogP contribution in [0.25, 0.3) is 0 Å². The van der Waals surface area contributed by atoms with E-state index in [1.165, 1.54) is 7.11 Å². The highest BCUT2D eigenvalue weighted by Crippen LogP contribution is 2.20. The van der Waals surface area contributed by atoms with Gasteiger partial charge in [0.05, 0.1) is 12.8 Å². The predicted molar refractivity (Wildman–Crippen MR) is 71.4 cm³/mol. The van der Waals surface area contributed by atoms with Gasteiger partial charge in [-0.05, 0) is 12.3 Å². The molecule has 6 nitrogen and oxygen atoms in total. The molecule has 1 saturated heterocycles. The number of hydrogen-bond acceptors (Lipinski definition) is 6. The number of carbonyl (C=O) groups is 1. The molecule has 1 fully saturated rings. The Morgan fingerprint density at radius 3 is 3.15 bits per heavy atom. The Hall–Kier alpha value is -1.53. The molecule has 3 rings (SSSR count). The van der Waals surface area contributed by atoms with E-state index in [0.717, 1.165) is 56.1 Å². The number of fused-ring (bicyclic) bond motifs is 1. The zero-order valence-corrected chi connectivity index (χ0v) is 11.6. The van der Waals surface area contributed by atoms with E-state index in [1.807, 2.05) is 0 Å². The van der Waals surface area contributed by atoms with E-state index in [0.29, 0.717) is 18.2 Å². The number of ether oxygens (including phenoxy) is 2. The summed E-state index contributed by atoms with van der Waals surface area (Å²) in [6, 6.07) is 0. The van der Waals surface area contributed by atoms with Gasteiger partial charge in [0.1, 0.15) is 5.82 Å². The lowest BCUT2D eigenvalue weighted by Crippen LogP contribution is -2.29. The van der Waals surface area contributed by atoms with E-state index in [4.69, 9.17) is 9.47 Å². The molecule has 6 heteroatoms. The zero-order valence-electron chi connectivity index (χ0n) is 11.6. The van der Waals surface area contributed by atoms with Gasteiger partial charge in [-0.25, -0.2) is 14.8 Å². The van der Waals surface area contributed by atoms with Crippen LogP contribution < -0.4 is 5.32 Å². The first-order valence-corrected chi connectivity index (χ1v) is 7.03. The van der Waals surface area contributed by atoms with Crippen molar-refractivity contribution in [2.75, 3.05) is 26.9 Å². The topological polar surface area (TPSA) is 73.3 Å². The molecule has 1 atom stereocenters. The Morgan fingerprint density at radius 2 is 2.40 bits per heavy atom. The quantitative estimate of drug-likeness (QED) is 0.811. The van der Waals surface area contributed by atoms with Gasteiger partial charge in [0.25, 0.3) is 0 Å². The maximum absolute atomic E-state index is 11.9. The summed E-state index contributed by atoms with van der Waals surface area (Å²) in [4.78, 5) is 21.0. The molecule has 0 saturated carbocycles. The summed E-state index contributed by atoms with van der Waals surface area (Å²) in [5.74, 6) is 0.818. The molecule has 1 unspecified atom stereocenters. The molecule has 2 aliphatic rings. The largest absolute Gasteiger partial charge is 0.464 e. The van der Waals surface area contributed by atoms with Crippen molar-refractivity contribution < 1.29 is 14.3 Å². The second kappa shape index (κ2) is 5.85. The molecule has 20 heavy (non-hydrogen) atoms. The highest BCUT2D eigenvalue weighted by molar-refractivity contribution is 5.89. The standard InChI is InChI=1S/C14H19N3O3/c1-19-14(18)13-10-7-15-4-2-11(10)16-12(17-13)6-9-3-5-20-8-9/h9,15H,2-8H2,1H3. The van der Waals surface area contributed by atoms with Gasteiger partial charge in [-0.15, -0.1) is 0 Å². The van der Waals surface area contributed by atoms with Crippen LogP contribution >= 0.6 is 0 Å². The van der Waals surface area contributed by atoms with E-state index in [9.17, 15) is 4.79 Å². The third-order valence-electron chi connectivity index (χ3n) is 3.85. The minimum absolute atomic E-state index is 0.378. The first-order chi connectivity index (χ1) is 9.78. The van der Waals surface area contributed by atoms with Gasteiger partial charge >= 0.3 is 5.97 Å². The molecule has 3 heterocycles. The number of aromatic nitrogens is 2. The van der Waals surface area contributed by atoms with Crippen LogP contribution in [-0.2, 0) is 28.9 Å². The average Bonchev–Trinajstić information content (AvgIpc) is 2.98. The van der Waals surface area contributed by atoms with Gasteiger partial charge in [-0.3, -0.25) is 0 Å². The summed E-state index contributed by atoms with van der Waals surface area (Å²) in [5, 5.41) is 3.25. The van der Waals surface area contributed by atoms with E-state index >= 15 is 0 Å². The number of hydrogen-bond donors (Lipinski definition) is 1. The zero-order chi connectivity index (χ0) is 13.9. The molecular weight excluding hydrogens is 258 g/mol.